The van der Waals surface area contributed by atoms with Crippen LogP contribution in [-0.4, -0.2) is 67.4 Å². The van der Waals surface area contributed by atoms with Crippen molar-refractivity contribution >= 4 is 17.7 Å². The molecule has 1 fully saturated rings. The van der Waals surface area contributed by atoms with Crippen LogP contribution in [0.3, 0.4) is 0 Å². The lowest BCUT2D eigenvalue weighted by Gasteiger charge is -2.34. The van der Waals surface area contributed by atoms with Crippen LogP contribution in [0.25, 0.3) is 0 Å². The molecular formula is C22H25N3O4. The number of carbonyl (C=O) groups is 3. The molecular weight excluding hydrogens is 370 g/mol. The van der Waals surface area contributed by atoms with E-state index in [1.165, 1.54) is 0 Å². The summed E-state index contributed by atoms with van der Waals surface area (Å²) in [4.78, 5) is 40.6. The second kappa shape index (κ2) is 9.23. The number of rotatable bonds is 5. The van der Waals surface area contributed by atoms with Crippen LogP contribution in [0, 0.1) is 6.92 Å². The van der Waals surface area contributed by atoms with Gasteiger partial charge in [0.1, 0.15) is 5.75 Å². The normalized spacial score (nSPS) is 13.7. The van der Waals surface area contributed by atoms with E-state index in [0.717, 1.165) is 5.56 Å². The highest BCUT2D eigenvalue weighted by atomic mass is 16.5. The molecule has 1 aliphatic rings. The zero-order valence-corrected chi connectivity index (χ0v) is 16.7. The van der Waals surface area contributed by atoms with Gasteiger partial charge >= 0.3 is 0 Å². The molecule has 7 nitrogen and oxygen atoms in total. The van der Waals surface area contributed by atoms with E-state index in [9.17, 15) is 14.4 Å². The summed E-state index contributed by atoms with van der Waals surface area (Å²) >= 11 is 0. The molecule has 1 heterocycles. The van der Waals surface area contributed by atoms with E-state index in [4.69, 9.17) is 4.74 Å². The third-order valence-corrected chi connectivity index (χ3v) is 4.94. The summed E-state index contributed by atoms with van der Waals surface area (Å²) in [5.41, 5.74) is 2.12. The molecule has 0 saturated carbocycles. The smallest absolute Gasteiger partial charge is 0.253 e. The highest BCUT2D eigenvalue weighted by Gasteiger charge is 2.25. The Balaban J connectivity index is 1.47. The summed E-state index contributed by atoms with van der Waals surface area (Å²) in [6.07, 6.45) is 0. The maximum absolute atomic E-state index is 12.6. The van der Waals surface area contributed by atoms with Crippen LogP contribution in [-0.2, 0) is 4.79 Å². The van der Waals surface area contributed by atoms with Gasteiger partial charge in [-0.2, -0.15) is 0 Å². The molecule has 2 aromatic carbocycles. The average Bonchev–Trinajstić information content (AvgIpc) is 2.77. The van der Waals surface area contributed by atoms with Crippen LogP contribution in [0.4, 0.5) is 0 Å². The standard InChI is InChI=1S/C22H25N3O4/c1-16-4-3-5-18(14-16)21(27)23-15-20(26)24-10-12-25(13-11-24)22(28)17-6-8-19(29-2)9-7-17/h3-9,14H,10-13,15H2,1-2H3,(H,23,27). The van der Waals surface area contributed by atoms with E-state index in [2.05, 4.69) is 5.32 Å². The first kappa shape index (κ1) is 20.4. The van der Waals surface area contributed by atoms with Gasteiger partial charge in [0, 0.05) is 37.3 Å². The lowest BCUT2D eigenvalue weighted by Crippen LogP contribution is -2.52. The Kier molecular flexibility index (Phi) is 6.49. The molecule has 29 heavy (non-hydrogen) atoms. The summed E-state index contributed by atoms with van der Waals surface area (Å²) in [5, 5.41) is 2.67. The number of piperazine rings is 1. The third-order valence-electron chi connectivity index (χ3n) is 4.94. The van der Waals surface area contributed by atoms with Gasteiger partial charge in [0.05, 0.1) is 13.7 Å². The van der Waals surface area contributed by atoms with Crippen LogP contribution in [0.15, 0.2) is 48.5 Å². The van der Waals surface area contributed by atoms with E-state index in [1.807, 2.05) is 19.1 Å². The van der Waals surface area contributed by atoms with Gasteiger partial charge in [-0.1, -0.05) is 17.7 Å². The summed E-state index contributed by atoms with van der Waals surface area (Å²) in [6.45, 7) is 3.67. The zero-order chi connectivity index (χ0) is 20.8. The van der Waals surface area contributed by atoms with Gasteiger partial charge in [-0.15, -0.1) is 0 Å². The van der Waals surface area contributed by atoms with Crippen LogP contribution >= 0.6 is 0 Å². The quantitative estimate of drug-likeness (QED) is 0.836. The predicted octanol–water partition coefficient (Wildman–Crippen LogP) is 1.72. The Labute approximate surface area is 170 Å². The number of aryl methyl sites for hydroxylation is 1. The van der Waals surface area contributed by atoms with E-state index < -0.39 is 0 Å². The molecule has 1 N–H and O–H groups in total. The molecule has 0 spiro atoms. The maximum Gasteiger partial charge on any atom is 0.253 e. The Hall–Kier alpha value is -3.35. The van der Waals surface area contributed by atoms with Crippen LogP contribution in [0.2, 0.25) is 0 Å². The molecule has 7 heteroatoms. The lowest BCUT2D eigenvalue weighted by atomic mass is 10.1. The van der Waals surface area contributed by atoms with Crippen LogP contribution in [0.1, 0.15) is 26.3 Å². The number of hydrogen-bond donors (Lipinski definition) is 1. The summed E-state index contributed by atoms with van der Waals surface area (Å²) < 4.78 is 5.11. The first-order valence-electron chi connectivity index (χ1n) is 9.54. The highest BCUT2D eigenvalue weighted by molar-refractivity contribution is 5.97. The van der Waals surface area contributed by atoms with Crippen molar-refractivity contribution in [2.24, 2.45) is 0 Å². The fourth-order valence-electron chi connectivity index (χ4n) is 3.23. The molecule has 0 atom stereocenters. The van der Waals surface area contributed by atoms with Crippen LogP contribution < -0.4 is 10.1 Å². The van der Waals surface area contributed by atoms with Crippen molar-refractivity contribution < 1.29 is 19.1 Å². The fourth-order valence-corrected chi connectivity index (χ4v) is 3.23. The second-order valence-corrected chi connectivity index (χ2v) is 6.95. The number of carbonyl (C=O) groups excluding carboxylic acids is 3. The topological polar surface area (TPSA) is 79.0 Å². The molecule has 2 aromatic rings. The minimum Gasteiger partial charge on any atom is -0.497 e. The summed E-state index contributed by atoms with van der Waals surface area (Å²) in [7, 11) is 1.58. The number of nitrogens with one attached hydrogen (secondary N) is 1. The Morgan fingerprint density at radius 3 is 2.21 bits per heavy atom. The zero-order valence-electron chi connectivity index (χ0n) is 16.7. The predicted molar refractivity (Wildman–Crippen MR) is 109 cm³/mol. The first-order chi connectivity index (χ1) is 14.0. The van der Waals surface area contributed by atoms with E-state index in [-0.39, 0.29) is 24.3 Å². The van der Waals surface area contributed by atoms with E-state index >= 15 is 0 Å². The molecule has 3 rings (SSSR count). The van der Waals surface area contributed by atoms with Gasteiger partial charge in [-0.3, -0.25) is 14.4 Å². The lowest BCUT2D eigenvalue weighted by molar-refractivity contribution is -0.131. The number of hydrogen-bond acceptors (Lipinski definition) is 4. The largest absolute Gasteiger partial charge is 0.497 e. The van der Waals surface area contributed by atoms with Gasteiger partial charge in [0.25, 0.3) is 11.8 Å². The molecule has 0 radical (unpaired) electrons. The van der Waals surface area contributed by atoms with Crippen LogP contribution in [0.5, 0.6) is 5.75 Å². The molecule has 3 amide bonds. The van der Waals surface area contributed by atoms with Crippen molar-refractivity contribution in [1.29, 1.82) is 0 Å². The maximum atomic E-state index is 12.6. The Morgan fingerprint density at radius 2 is 1.59 bits per heavy atom. The minimum atomic E-state index is -0.268. The molecule has 1 saturated heterocycles. The number of amides is 3. The second-order valence-electron chi connectivity index (χ2n) is 6.95. The van der Waals surface area contributed by atoms with Gasteiger partial charge in [-0.25, -0.2) is 0 Å². The Bertz CT molecular complexity index is 887. The molecule has 0 unspecified atom stereocenters. The van der Waals surface area contributed by atoms with Crippen molar-refractivity contribution in [2.45, 2.75) is 6.92 Å². The molecule has 0 bridgehead atoms. The summed E-state index contributed by atoms with van der Waals surface area (Å²) in [5.74, 6) is 0.218. The van der Waals surface area contributed by atoms with Gasteiger partial charge < -0.3 is 19.9 Å². The minimum absolute atomic E-state index is 0.0563. The molecule has 152 valence electrons. The van der Waals surface area contributed by atoms with Crippen molar-refractivity contribution in [3.05, 3.63) is 65.2 Å². The van der Waals surface area contributed by atoms with Gasteiger partial charge in [0.2, 0.25) is 5.91 Å². The van der Waals surface area contributed by atoms with Crippen molar-refractivity contribution in [3.63, 3.8) is 0 Å². The SMILES string of the molecule is COc1ccc(C(=O)N2CCN(C(=O)CNC(=O)c3cccc(C)c3)CC2)cc1. The van der Waals surface area contributed by atoms with Crippen molar-refractivity contribution in [2.75, 3.05) is 39.8 Å². The van der Waals surface area contributed by atoms with Crippen molar-refractivity contribution in [3.8, 4) is 5.75 Å². The number of ether oxygens (including phenoxy) is 1. The first-order valence-corrected chi connectivity index (χ1v) is 9.54. The number of nitrogens with zero attached hydrogens (tertiary/aromatic N) is 2. The molecule has 0 aliphatic carbocycles. The van der Waals surface area contributed by atoms with Gasteiger partial charge in [0.15, 0.2) is 0 Å². The van der Waals surface area contributed by atoms with Crippen molar-refractivity contribution in [1.82, 2.24) is 15.1 Å². The Morgan fingerprint density at radius 1 is 0.931 bits per heavy atom. The third kappa shape index (κ3) is 5.13. The van der Waals surface area contributed by atoms with E-state index in [1.54, 1.807) is 53.3 Å². The number of methoxy groups -OCH3 is 1. The number of benzene rings is 2. The molecule has 0 aromatic heterocycles. The summed E-state index contributed by atoms with van der Waals surface area (Å²) in [6, 6.07) is 14.2. The van der Waals surface area contributed by atoms with Gasteiger partial charge in [-0.05, 0) is 43.3 Å². The highest BCUT2D eigenvalue weighted by Crippen LogP contribution is 2.14. The molecule has 1 aliphatic heterocycles. The monoisotopic (exact) mass is 395 g/mol. The average molecular weight is 395 g/mol. The fraction of sp³-hybridized carbons (Fsp3) is 0.318. The van der Waals surface area contributed by atoms with E-state index in [0.29, 0.717) is 43.1 Å².